The van der Waals surface area contributed by atoms with Gasteiger partial charge in [0, 0.05) is 0 Å². The van der Waals surface area contributed by atoms with Crippen LogP contribution in [0.3, 0.4) is 0 Å². The normalized spacial score (nSPS) is 12.6. The Balaban J connectivity index is 0.000000186. The predicted molar refractivity (Wildman–Crippen MR) is 113 cm³/mol. The number of hydrogen-bond acceptors (Lipinski definition) is 6. The van der Waals surface area contributed by atoms with Gasteiger partial charge in [0.2, 0.25) is 0 Å². The number of carboxylic acids is 2. The molecular weight excluding hydrogens is 416 g/mol. The Morgan fingerprint density at radius 3 is 1.09 bits per heavy atom. The van der Waals surface area contributed by atoms with E-state index in [1.807, 2.05) is 0 Å². The Labute approximate surface area is 182 Å². The molecule has 0 saturated heterocycles. The van der Waals surface area contributed by atoms with E-state index in [0.717, 1.165) is 11.1 Å². The standard InChI is InChI=1S/C14H10O4.C10H8O4/c15-13(16)11-5-1-9(2-6-11)10-3-7-12(8-4-10)14(17)18;11-9-7-1-2-8(4-3-7)10(12)14-6-5-13-9/h1-8H,(H,15,16)(H,17,18);1-4H,5-6H2. The van der Waals surface area contributed by atoms with Gasteiger partial charge in [0.15, 0.2) is 0 Å². The molecule has 2 heterocycles. The average Bonchev–Trinajstić information content (AvgIpc) is 2.82. The van der Waals surface area contributed by atoms with Crippen molar-refractivity contribution in [2.24, 2.45) is 0 Å². The molecule has 32 heavy (non-hydrogen) atoms. The van der Waals surface area contributed by atoms with Crippen molar-refractivity contribution >= 4 is 23.9 Å². The fourth-order valence-electron chi connectivity index (χ4n) is 2.79. The first-order chi connectivity index (χ1) is 15.3. The molecule has 0 radical (unpaired) electrons. The van der Waals surface area contributed by atoms with Crippen molar-refractivity contribution in [1.29, 1.82) is 0 Å². The van der Waals surface area contributed by atoms with Gasteiger partial charge in [0.1, 0.15) is 13.2 Å². The van der Waals surface area contributed by atoms with Crippen molar-refractivity contribution in [3.05, 3.63) is 95.1 Å². The monoisotopic (exact) mass is 434 g/mol. The molecule has 0 fully saturated rings. The number of aromatic carboxylic acids is 2. The molecule has 0 amide bonds. The summed E-state index contributed by atoms with van der Waals surface area (Å²) >= 11 is 0. The number of carboxylic acid groups (broad SMARTS) is 2. The second-order valence-electron chi connectivity index (χ2n) is 6.61. The maximum atomic E-state index is 11.3. The third-order valence-corrected chi connectivity index (χ3v) is 4.50. The van der Waals surface area contributed by atoms with Gasteiger partial charge in [0.05, 0.1) is 22.3 Å². The summed E-state index contributed by atoms with van der Waals surface area (Å²) in [7, 11) is 0. The van der Waals surface area contributed by atoms with Crippen LogP contribution in [0.4, 0.5) is 0 Å². The maximum absolute atomic E-state index is 11.3. The van der Waals surface area contributed by atoms with Crippen molar-refractivity contribution in [2.45, 2.75) is 0 Å². The fourth-order valence-corrected chi connectivity index (χ4v) is 2.79. The van der Waals surface area contributed by atoms with Crippen LogP contribution in [0.15, 0.2) is 72.8 Å². The molecule has 2 bridgehead atoms. The lowest BCUT2D eigenvalue weighted by atomic mass is 10.0. The quantitative estimate of drug-likeness (QED) is 0.597. The lowest BCUT2D eigenvalue weighted by molar-refractivity contribution is 0.0260. The Morgan fingerprint density at radius 2 is 0.812 bits per heavy atom. The molecule has 8 heteroatoms. The van der Waals surface area contributed by atoms with E-state index in [0.29, 0.717) is 11.1 Å². The van der Waals surface area contributed by atoms with Crippen molar-refractivity contribution in [3.8, 4) is 11.1 Å². The third kappa shape index (κ3) is 5.57. The minimum Gasteiger partial charge on any atom is -0.478 e. The van der Waals surface area contributed by atoms with E-state index in [2.05, 4.69) is 0 Å². The van der Waals surface area contributed by atoms with Gasteiger partial charge in [-0.1, -0.05) is 24.3 Å². The average molecular weight is 434 g/mol. The molecule has 2 N–H and O–H groups in total. The van der Waals surface area contributed by atoms with E-state index in [9.17, 15) is 19.2 Å². The van der Waals surface area contributed by atoms with E-state index in [1.54, 1.807) is 48.5 Å². The topological polar surface area (TPSA) is 127 Å². The maximum Gasteiger partial charge on any atom is 0.338 e. The molecular formula is C24H18O8. The largest absolute Gasteiger partial charge is 0.478 e. The number of carbonyl (C=O) groups is 4. The Kier molecular flexibility index (Phi) is 6.97. The zero-order chi connectivity index (χ0) is 23.1. The van der Waals surface area contributed by atoms with E-state index < -0.39 is 23.9 Å². The highest BCUT2D eigenvalue weighted by Gasteiger charge is 2.13. The lowest BCUT2D eigenvalue weighted by Gasteiger charge is -2.09. The summed E-state index contributed by atoms with van der Waals surface area (Å²) in [5, 5.41) is 17.6. The number of rotatable bonds is 3. The summed E-state index contributed by atoms with van der Waals surface area (Å²) in [4.78, 5) is 43.9. The van der Waals surface area contributed by atoms with Crippen LogP contribution in [0, 0.1) is 0 Å². The highest BCUT2D eigenvalue weighted by Crippen LogP contribution is 2.20. The van der Waals surface area contributed by atoms with Crippen molar-refractivity contribution in [3.63, 3.8) is 0 Å². The van der Waals surface area contributed by atoms with E-state index >= 15 is 0 Å². The Hall–Kier alpha value is -4.46. The molecule has 0 aromatic heterocycles. The van der Waals surface area contributed by atoms with Gasteiger partial charge >= 0.3 is 23.9 Å². The summed E-state index contributed by atoms with van der Waals surface area (Å²) < 4.78 is 9.66. The van der Waals surface area contributed by atoms with Crippen LogP contribution in [0.25, 0.3) is 11.1 Å². The number of ether oxygens (including phenoxy) is 2. The Bertz CT molecular complexity index is 1040. The molecule has 3 aromatic carbocycles. The van der Waals surface area contributed by atoms with Gasteiger partial charge in [-0.05, 0) is 59.7 Å². The molecule has 2 aliphatic rings. The smallest absolute Gasteiger partial charge is 0.338 e. The molecule has 8 nitrogen and oxygen atoms in total. The van der Waals surface area contributed by atoms with Crippen LogP contribution in [0.5, 0.6) is 0 Å². The van der Waals surface area contributed by atoms with Gasteiger partial charge in [0.25, 0.3) is 0 Å². The first-order valence-corrected chi connectivity index (χ1v) is 9.46. The number of esters is 2. The van der Waals surface area contributed by atoms with Gasteiger partial charge < -0.3 is 19.7 Å². The highest BCUT2D eigenvalue weighted by atomic mass is 16.6. The fraction of sp³-hybridized carbons (Fsp3) is 0.0833. The lowest BCUT2D eigenvalue weighted by Crippen LogP contribution is -2.16. The number of carbonyl (C=O) groups excluding carboxylic acids is 2. The summed E-state index contributed by atoms with van der Waals surface area (Å²) in [5.41, 5.74) is 3.03. The number of hydrogen-bond donors (Lipinski definition) is 2. The van der Waals surface area contributed by atoms with Crippen LogP contribution in [0.2, 0.25) is 0 Å². The number of benzene rings is 3. The summed E-state index contributed by atoms with van der Waals surface area (Å²) in [6.07, 6.45) is 0. The minimum atomic E-state index is -0.970. The molecule has 0 saturated carbocycles. The van der Waals surface area contributed by atoms with Gasteiger partial charge in [-0.25, -0.2) is 19.2 Å². The first-order valence-electron chi connectivity index (χ1n) is 9.46. The summed E-state index contributed by atoms with van der Waals surface area (Å²) in [6.45, 7) is 0.200. The SMILES string of the molecule is O=C(O)c1ccc(-c2ccc(C(=O)O)cc2)cc1.O=C1OCCOC(=O)c2ccc1cc2. The highest BCUT2D eigenvalue weighted by molar-refractivity contribution is 5.93. The Morgan fingerprint density at radius 1 is 0.531 bits per heavy atom. The minimum absolute atomic E-state index is 0.100. The molecule has 5 rings (SSSR count). The van der Waals surface area contributed by atoms with Crippen LogP contribution in [-0.2, 0) is 9.47 Å². The third-order valence-electron chi connectivity index (χ3n) is 4.50. The summed E-state index contributed by atoms with van der Waals surface area (Å²) in [6, 6.07) is 19.0. The second-order valence-corrected chi connectivity index (χ2v) is 6.61. The van der Waals surface area contributed by atoms with Crippen molar-refractivity contribution in [2.75, 3.05) is 13.2 Å². The van der Waals surface area contributed by atoms with E-state index in [1.165, 1.54) is 24.3 Å². The van der Waals surface area contributed by atoms with Crippen LogP contribution >= 0.6 is 0 Å². The van der Waals surface area contributed by atoms with E-state index in [4.69, 9.17) is 19.7 Å². The first kappa shape index (κ1) is 22.2. The van der Waals surface area contributed by atoms with Crippen LogP contribution < -0.4 is 0 Å². The molecule has 0 atom stereocenters. The molecule has 0 unspecified atom stereocenters. The van der Waals surface area contributed by atoms with E-state index in [-0.39, 0.29) is 24.3 Å². The van der Waals surface area contributed by atoms with Gasteiger partial charge in [-0.2, -0.15) is 0 Å². The van der Waals surface area contributed by atoms with Crippen LogP contribution in [0.1, 0.15) is 41.4 Å². The van der Waals surface area contributed by atoms with Gasteiger partial charge in [-0.15, -0.1) is 0 Å². The predicted octanol–water partition coefficient (Wildman–Crippen LogP) is 3.76. The van der Waals surface area contributed by atoms with Crippen molar-refractivity contribution < 1.29 is 38.9 Å². The second kappa shape index (κ2) is 10.0. The molecule has 0 aliphatic carbocycles. The molecule has 0 spiro atoms. The molecule has 3 aromatic rings. The zero-order valence-corrected chi connectivity index (χ0v) is 16.7. The van der Waals surface area contributed by atoms with Crippen LogP contribution in [-0.4, -0.2) is 47.3 Å². The van der Waals surface area contributed by atoms with Crippen molar-refractivity contribution in [1.82, 2.24) is 0 Å². The molecule has 162 valence electrons. The molecule has 2 aliphatic heterocycles. The summed E-state index contributed by atoms with van der Waals surface area (Å²) in [5.74, 6) is -2.73. The number of fused-ring (bicyclic) bond motifs is 7. The van der Waals surface area contributed by atoms with Gasteiger partial charge in [-0.3, -0.25) is 0 Å². The zero-order valence-electron chi connectivity index (χ0n) is 16.7.